The first kappa shape index (κ1) is 9.52. The number of ether oxygens (including phenoxy) is 1. The summed E-state index contributed by atoms with van der Waals surface area (Å²) < 4.78 is 6.43. The van der Waals surface area contributed by atoms with E-state index in [-0.39, 0.29) is 5.91 Å². The minimum Gasteiger partial charge on any atom is -0.491 e. The fourth-order valence-electron chi connectivity index (χ4n) is 1.43. The Morgan fingerprint density at radius 3 is 3.07 bits per heavy atom. The number of carbonyl (C=O) groups is 1. The molecule has 0 radical (unpaired) electrons. The van der Waals surface area contributed by atoms with Crippen molar-refractivity contribution in [3.05, 3.63) is 22.7 Å². The number of fused-ring (bicyclic) bond motifs is 1. The third-order valence-electron chi connectivity index (χ3n) is 2.23. The average molecular weight is 256 g/mol. The first-order valence-corrected chi connectivity index (χ1v) is 5.16. The summed E-state index contributed by atoms with van der Waals surface area (Å²) in [5.41, 5.74) is 0.829. The van der Waals surface area contributed by atoms with E-state index >= 15 is 0 Å². The van der Waals surface area contributed by atoms with Crippen LogP contribution in [0.1, 0.15) is 6.42 Å². The summed E-state index contributed by atoms with van der Waals surface area (Å²) >= 11 is 3.37. The van der Waals surface area contributed by atoms with E-state index in [1.165, 1.54) is 0 Å². The van der Waals surface area contributed by atoms with Crippen LogP contribution in [0.5, 0.6) is 5.75 Å². The van der Waals surface area contributed by atoms with Gasteiger partial charge in [0.15, 0.2) is 0 Å². The Hall–Kier alpha value is -1.03. The zero-order chi connectivity index (χ0) is 10.1. The van der Waals surface area contributed by atoms with Gasteiger partial charge in [-0.05, 0) is 18.2 Å². The van der Waals surface area contributed by atoms with E-state index in [0.29, 0.717) is 13.0 Å². The van der Waals surface area contributed by atoms with E-state index in [1.54, 1.807) is 11.9 Å². The molecule has 4 heteroatoms. The highest BCUT2D eigenvalue weighted by atomic mass is 79.9. The lowest BCUT2D eigenvalue weighted by atomic mass is 10.2. The van der Waals surface area contributed by atoms with Gasteiger partial charge in [-0.3, -0.25) is 4.79 Å². The number of anilines is 1. The highest BCUT2D eigenvalue weighted by molar-refractivity contribution is 9.10. The smallest absolute Gasteiger partial charge is 0.230 e. The van der Waals surface area contributed by atoms with Crippen LogP contribution in [-0.2, 0) is 4.79 Å². The van der Waals surface area contributed by atoms with Gasteiger partial charge in [-0.1, -0.05) is 15.9 Å². The molecule has 2 rings (SSSR count). The molecule has 0 fully saturated rings. The van der Waals surface area contributed by atoms with E-state index in [0.717, 1.165) is 15.9 Å². The molecule has 0 unspecified atom stereocenters. The van der Waals surface area contributed by atoms with Crippen LogP contribution in [-0.4, -0.2) is 19.6 Å². The minimum atomic E-state index is 0.0890. The predicted octanol–water partition coefficient (Wildman–Crippen LogP) is 2.19. The van der Waals surface area contributed by atoms with Crippen LogP contribution in [0.25, 0.3) is 0 Å². The highest BCUT2D eigenvalue weighted by Gasteiger charge is 2.19. The van der Waals surface area contributed by atoms with Crippen LogP contribution in [0.2, 0.25) is 0 Å². The maximum absolute atomic E-state index is 11.5. The molecular weight excluding hydrogens is 246 g/mol. The summed E-state index contributed by atoms with van der Waals surface area (Å²) in [5, 5.41) is 0. The lowest BCUT2D eigenvalue weighted by Gasteiger charge is -2.15. The molecule has 1 heterocycles. The van der Waals surface area contributed by atoms with E-state index in [1.807, 2.05) is 18.2 Å². The van der Waals surface area contributed by atoms with Crippen molar-refractivity contribution in [1.82, 2.24) is 0 Å². The molecule has 1 aromatic rings. The van der Waals surface area contributed by atoms with Gasteiger partial charge in [-0.2, -0.15) is 0 Å². The molecular formula is C10H10BrNO2. The van der Waals surface area contributed by atoms with Gasteiger partial charge in [-0.25, -0.2) is 0 Å². The maximum Gasteiger partial charge on any atom is 0.230 e. The molecule has 1 amide bonds. The van der Waals surface area contributed by atoms with Crippen molar-refractivity contribution >= 4 is 27.5 Å². The number of hydrogen-bond donors (Lipinski definition) is 0. The summed E-state index contributed by atoms with van der Waals surface area (Å²) in [4.78, 5) is 13.1. The highest BCUT2D eigenvalue weighted by Crippen LogP contribution is 2.32. The summed E-state index contributed by atoms with van der Waals surface area (Å²) in [6, 6.07) is 5.66. The van der Waals surface area contributed by atoms with Crippen LogP contribution in [0, 0.1) is 0 Å². The Bertz CT molecular complexity index is 378. The van der Waals surface area contributed by atoms with Crippen LogP contribution < -0.4 is 9.64 Å². The number of nitrogens with zero attached hydrogens (tertiary/aromatic N) is 1. The maximum atomic E-state index is 11.5. The number of benzene rings is 1. The van der Waals surface area contributed by atoms with Gasteiger partial charge in [-0.15, -0.1) is 0 Å². The fraction of sp³-hybridized carbons (Fsp3) is 0.300. The Labute approximate surface area is 90.8 Å². The normalized spacial score (nSPS) is 15.9. The first-order valence-electron chi connectivity index (χ1n) is 4.37. The number of rotatable bonds is 0. The average Bonchev–Trinajstić information content (AvgIpc) is 2.28. The topological polar surface area (TPSA) is 29.5 Å². The lowest BCUT2D eigenvalue weighted by molar-refractivity contribution is -0.118. The third-order valence-corrected chi connectivity index (χ3v) is 2.72. The number of hydrogen-bond acceptors (Lipinski definition) is 2. The Balaban J connectivity index is 2.48. The molecule has 74 valence electrons. The predicted molar refractivity (Wildman–Crippen MR) is 57.7 cm³/mol. The van der Waals surface area contributed by atoms with Gasteiger partial charge < -0.3 is 9.64 Å². The van der Waals surface area contributed by atoms with Gasteiger partial charge in [0, 0.05) is 11.5 Å². The van der Waals surface area contributed by atoms with Crippen molar-refractivity contribution in [3.8, 4) is 5.75 Å². The molecule has 0 spiro atoms. The van der Waals surface area contributed by atoms with Crippen molar-refractivity contribution in [3.63, 3.8) is 0 Å². The fourth-order valence-corrected chi connectivity index (χ4v) is 1.77. The molecule has 0 saturated heterocycles. The van der Waals surface area contributed by atoms with Crippen LogP contribution >= 0.6 is 15.9 Å². The van der Waals surface area contributed by atoms with Crippen LogP contribution in [0.4, 0.5) is 5.69 Å². The zero-order valence-corrected chi connectivity index (χ0v) is 9.37. The number of halogens is 1. The Morgan fingerprint density at radius 1 is 1.50 bits per heavy atom. The molecule has 0 atom stereocenters. The molecule has 0 saturated carbocycles. The number of carbonyl (C=O) groups excluding carboxylic acids is 1. The molecule has 0 aromatic heterocycles. The molecule has 1 aliphatic rings. The van der Waals surface area contributed by atoms with Crippen LogP contribution in [0.3, 0.4) is 0 Å². The van der Waals surface area contributed by atoms with E-state index in [2.05, 4.69) is 15.9 Å². The Kier molecular flexibility index (Phi) is 2.46. The third kappa shape index (κ3) is 1.62. The molecule has 1 aromatic carbocycles. The largest absolute Gasteiger partial charge is 0.491 e. The number of amides is 1. The standard InChI is InChI=1S/C10H10BrNO2/c1-12-8-3-2-7(11)6-9(8)14-5-4-10(12)13/h2-3,6H,4-5H2,1H3. The molecule has 1 aliphatic heterocycles. The summed E-state index contributed by atoms with van der Waals surface area (Å²) in [6.45, 7) is 0.451. The quantitative estimate of drug-likeness (QED) is 0.712. The van der Waals surface area contributed by atoms with Crippen molar-refractivity contribution in [1.29, 1.82) is 0 Å². The van der Waals surface area contributed by atoms with E-state index < -0.39 is 0 Å². The van der Waals surface area contributed by atoms with Gasteiger partial charge in [0.2, 0.25) is 5.91 Å². The van der Waals surface area contributed by atoms with Crippen LogP contribution in [0.15, 0.2) is 22.7 Å². The molecule has 0 N–H and O–H groups in total. The van der Waals surface area contributed by atoms with E-state index in [4.69, 9.17) is 4.74 Å². The van der Waals surface area contributed by atoms with Crippen molar-refractivity contribution in [2.75, 3.05) is 18.6 Å². The first-order chi connectivity index (χ1) is 6.68. The molecule has 0 bridgehead atoms. The molecule has 14 heavy (non-hydrogen) atoms. The summed E-state index contributed by atoms with van der Waals surface area (Å²) in [7, 11) is 1.77. The summed E-state index contributed by atoms with van der Waals surface area (Å²) in [5.74, 6) is 0.846. The second-order valence-corrected chi connectivity index (χ2v) is 4.08. The summed E-state index contributed by atoms with van der Waals surface area (Å²) in [6.07, 6.45) is 0.433. The van der Waals surface area contributed by atoms with Crippen molar-refractivity contribution in [2.45, 2.75) is 6.42 Å². The van der Waals surface area contributed by atoms with Gasteiger partial charge in [0.25, 0.3) is 0 Å². The van der Waals surface area contributed by atoms with Crippen molar-refractivity contribution in [2.24, 2.45) is 0 Å². The second-order valence-electron chi connectivity index (χ2n) is 3.16. The van der Waals surface area contributed by atoms with Gasteiger partial charge in [0.05, 0.1) is 18.7 Å². The molecule has 3 nitrogen and oxygen atoms in total. The SMILES string of the molecule is CN1C(=O)CCOc2cc(Br)ccc21. The zero-order valence-electron chi connectivity index (χ0n) is 7.79. The van der Waals surface area contributed by atoms with Crippen molar-refractivity contribution < 1.29 is 9.53 Å². The van der Waals surface area contributed by atoms with Gasteiger partial charge >= 0.3 is 0 Å². The minimum absolute atomic E-state index is 0.0890. The monoisotopic (exact) mass is 255 g/mol. The second kappa shape index (κ2) is 3.61. The molecule has 0 aliphatic carbocycles. The Morgan fingerprint density at radius 2 is 2.29 bits per heavy atom. The van der Waals surface area contributed by atoms with Gasteiger partial charge in [0.1, 0.15) is 5.75 Å². The lowest BCUT2D eigenvalue weighted by Crippen LogP contribution is -2.25. The van der Waals surface area contributed by atoms with E-state index in [9.17, 15) is 4.79 Å².